The van der Waals surface area contributed by atoms with Crippen LogP contribution < -0.4 is 4.74 Å². The van der Waals surface area contributed by atoms with Gasteiger partial charge in [0.15, 0.2) is 5.75 Å². The van der Waals surface area contributed by atoms with Crippen molar-refractivity contribution in [1.82, 2.24) is 24.9 Å². The quantitative estimate of drug-likeness (QED) is 0.659. The van der Waals surface area contributed by atoms with E-state index in [1.165, 1.54) is 23.6 Å². The van der Waals surface area contributed by atoms with Gasteiger partial charge in [0.1, 0.15) is 18.0 Å². The number of alkyl halides is 2. The molecule has 0 unspecified atom stereocenters. The van der Waals surface area contributed by atoms with Crippen LogP contribution >= 0.6 is 0 Å². The van der Waals surface area contributed by atoms with E-state index in [4.69, 9.17) is 9.47 Å². The number of halogens is 2. The minimum atomic E-state index is -2.72. The molecule has 2 aromatic heterocycles. The highest BCUT2D eigenvalue weighted by Gasteiger charge is 2.48. The van der Waals surface area contributed by atoms with Crippen molar-refractivity contribution >= 4 is 12.1 Å². The third-order valence-corrected chi connectivity index (χ3v) is 4.94. The highest BCUT2D eigenvalue weighted by atomic mass is 19.3. The minimum Gasteiger partial charge on any atom is -0.443 e. The van der Waals surface area contributed by atoms with Crippen molar-refractivity contribution in [2.75, 3.05) is 7.05 Å². The molecule has 0 atom stereocenters. The number of pyridine rings is 1. The number of esters is 1. The summed E-state index contributed by atoms with van der Waals surface area (Å²) in [4.78, 5) is 29.1. The van der Waals surface area contributed by atoms with Gasteiger partial charge in [-0.25, -0.2) is 23.2 Å². The number of hydrogen-bond acceptors (Lipinski definition) is 7. The van der Waals surface area contributed by atoms with Crippen molar-refractivity contribution in [1.29, 1.82) is 0 Å². The molecule has 0 radical (unpaired) electrons. The van der Waals surface area contributed by atoms with Crippen LogP contribution in [0.2, 0.25) is 0 Å². The van der Waals surface area contributed by atoms with E-state index in [2.05, 4.69) is 15.3 Å². The largest absolute Gasteiger partial charge is 0.443 e. The molecule has 0 spiro atoms. The van der Waals surface area contributed by atoms with E-state index in [9.17, 15) is 18.4 Å². The van der Waals surface area contributed by atoms with Crippen LogP contribution in [0.4, 0.5) is 13.6 Å². The minimum absolute atomic E-state index is 0.153. The Morgan fingerprint density at radius 3 is 2.63 bits per heavy atom. The van der Waals surface area contributed by atoms with Gasteiger partial charge in [-0.15, -0.1) is 5.10 Å². The zero-order chi connectivity index (χ0) is 22.1. The molecule has 0 bridgehead atoms. The number of carbonyl (C=O) groups excluding carboxylic acids is 2. The molecule has 1 saturated carbocycles. The van der Waals surface area contributed by atoms with Crippen molar-refractivity contribution in [3.05, 3.63) is 23.5 Å². The van der Waals surface area contributed by atoms with Crippen LogP contribution in [0, 0.1) is 0 Å². The predicted molar refractivity (Wildman–Crippen MR) is 101 cm³/mol. The summed E-state index contributed by atoms with van der Waals surface area (Å²) in [5.74, 6) is -2.80. The summed E-state index contributed by atoms with van der Waals surface area (Å²) in [7, 11) is 3.08. The maximum atomic E-state index is 13.0. The fraction of sp³-hybridized carbons (Fsp3) is 0.526. The standard InChI is InChI=1S/C19H23F2N5O4/c1-5-13-16(30-11(2)27)7-6-14(22-13)17-15(26(4)24-23-17)10-29-18(28)25(3)12-8-19(20,21)9-12/h6-7,12H,5,8-10H2,1-4H3. The number of rotatable bonds is 6. The molecule has 2 heterocycles. The molecule has 0 aromatic carbocycles. The molecule has 9 nitrogen and oxygen atoms in total. The maximum absolute atomic E-state index is 13.0. The number of aryl methyl sites for hydroxylation is 2. The van der Waals surface area contributed by atoms with E-state index >= 15 is 0 Å². The second kappa shape index (κ2) is 8.33. The van der Waals surface area contributed by atoms with Gasteiger partial charge >= 0.3 is 12.1 Å². The van der Waals surface area contributed by atoms with E-state index < -0.39 is 24.0 Å². The molecular weight excluding hydrogens is 400 g/mol. The van der Waals surface area contributed by atoms with Gasteiger partial charge in [0.25, 0.3) is 5.92 Å². The van der Waals surface area contributed by atoms with Gasteiger partial charge < -0.3 is 14.4 Å². The summed E-state index contributed by atoms with van der Waals surface area (Å²) in [6.07, 6.45) is -0.904. The molecule has 3 rings (SSSR count). The van der Waals surface area contributed by atoms with E-state index in [0.29, 0.717) is 34.9 Å². The molecule has 11 heteroatoms. The first-order valence-corrected chi connectivity index (χ1v) is 9.46. The molecule has 1 aliphatic carbocycles. The van der Waals surface area contributed by atoms with E-state index in [1.54, 1.807) is 19.2 Å². The number of hydrogen-bond donors (Lipinski definition) is 0. The van der Waals surface area contributed by atoms with Crippen molar-refractivity contribution in [3.8, 4) is 17.1 Å². The summed E-state index contributed by atoms with van der Waals surface area (Å²) < 4.78 is 38.0. The van der Waals surface area contributed by atoms with Gasteiger partial charge in [-0.1, -0.05) is 12.1 Å². The Morgan fingerprint density at radius 1 is 1.33 bits per heavy atom. The molecule has 1 aliphatic rings. The number of amides is 1. The van der Waals surface area contributed by atoms with Crippen molar-refractivity contribution in [2.24, 2.45) is 7.05 Å². The van der Waals surface area contributed by atoms with Crippen molar-refractivity contribution in [2.45, 2.75) is 51.7 Å². The lowest BCUT2D eigenvalue weighted by Gasteiger charge is -2.40. The van der Waals surface area contributed by atoms with Crippen molar-refractivity contribution in [3.63, 3.8) is 0 Å². The maximum Gasteiger partial charge on any atom is 0.410 e. The number of aromatic nitrogens is 4. The molecular formula is C19H23F2N5O4. The number of nitrogens with zero attached hydrogens (tertiary/aromatic N) is 5. The topological polar surface area (TPSA) is 99.4 Å². The van der Waals surface area contributed by atoms with E-state index in [0.717, 1.165) is 0 Å². The van der Waals surface area contributed by atoms with E-state index in [-0.39, 0.29) is 19.4 Å². The molecule has 1 amide bonds. The highest BCUT2D eigenvalue weighted by molar-refractivity contribution is 5.70. The van der Waals surface area contributed by atoms with Crippen LogP contribution in [0.3, 0.4) is 0 Å². The molecule has 1 fully saturated rings. The SMILES string of the molecule is CCc1nc(-c2nnn(C)c2COC(=O)N(C)C2CC(F)(F)C2)ccc1OC(C)=O. The number of carbonyl (C=O) groups is 2. The van der Waals surface area contributed by atoms with Crippen LogP contribution in [-0.4, -0.2) is 56.0 Å². The Hall–Kier alpha value is -3.11. The lowest BCUT2D eigenvalue weighted by atomic mass is 9.87. The Balaban J connectivity index is 1.74. The van der Waals surface area contributed by atoms with Gasteiger partial charge in [-0.05, 0) is 18.6 Å². The monoisotopic (exact) mass is 423 g/mol. The molecule has 2 aromatic rings. The predicted octanol–water partition coefficient (Wildman–Crippen LogP) is 2.73. The van der Waals surface area contributed by atoms with Gasteiger partial charge in [0, 0.05) is 39.9 Å². The average Bonchev–Trinajstić information content (AvgIpc) is 3.03. The molecule has 0 saturated heterocycles. The third kappa shape index (κ3) is 4.55. The van der Waals surface area contributed by atoms with Crippen LogP contribution in [-0.2, 0) is 29.6 Å². The van der Waals surface area contributed by atoms with Crippen molar-refractivity contribution < 1.29 is 27.8 Å². The fourth-order valence-electron chi connectivity index (χ4n) is 3.14. The highest BCUT2D eigenvalue weighted by Crippen LogP contribution is 2.40. The Morgan fingerprint density at radius 2 is 2.03 bits per heavy atom. The summed E-state index contributed by atoms with van der Waals surface area (Å²) in [6, 6.07) is 2.71. The molecule has 0 aliphatic heterocycles. The van der Waals surface area contributed by atoms with Crippen LogP contribution in [0.25, 0.3) is 11.4 Å². The smallest absolute Gasteiger partial charge is 0.410 e. The second-order valence-corrected chi connectivity index (χ2v) is 7.18. The van der Waals surface area contributed by atoms with Gasteiger partial charge in [-0.2, -0.15) is 0 Å². The Labute approximate surface area is 172 Å². The number of ether oxygens (including phenoxy) is 2. The molecule has 0 N–H and O–H groups in total. The first-order chi connectivity index (χ1) is 14.1. The zero-order valence-electron chi connectivity index (χ0n) is 17.2. The summed E-state index contributed by atoms with van der Waals surface area (Å²) in [5.41, 5.74) is 1.95. The normalized spacial score (nSPS) is 15.4. The van der Waals surface area contributed by atoms with Gasteiger partial charge in [-0.3, -0.25) is 4.79 Å². The fourth-order valence-corrected chi connectivity index (χ4v) is 3.14. The van der Waals surface area contributed by atoms with Gasteiger partial charge in [0.05, 0.1) is 11.4 Å². The van der Waals surface area contributed by atoms with E-state index in [1.807, 2.05) is 6.92 Å². The lowest BCUT2D eigenvalue weighted by molar-refractivity contribution is -0.132. The molecule has 162 valence electrons. The first kappa shape index (κ1) is 21.6. The van der Waals surface area contributed by atoms with Crippen LogP contribution in [0.1, 0.15) is 38.1 Å². The zero-order valence-corrected chi connectivity index (χ0v) is 17.2. The van der Waals surface area contributed by atoms with Crippen LogP contribution in [0.5, 0.6) is 5.75 Å². The second-order valence-electron chi connectivity index (χ2n) is 7.18. The Kier molecular flexibility index (Phi) is 5.99. The first-order valence-electron chi connectivity index (χ1n) is 9.46. The van der Waals surface area contributed by atoms with Gasteiger partial charge in [0.2, 0.25) is 0 Å². The average molecular weight is 423 g/mol. The summed E-state index contributed by atoms with van der Waals surface area (Å²) >= 11 is 0. The summed E-state index contributed by atoms with van der Waals surface area (Å²) in [5, 5.41) is 8.06. The third-order valence-electron chi connectivity index (χ3n) is 4.94. The van der Waals surface area contributed by atoms with Crippen LogP contribution in [0.15, 0.2) is 12.1 Å². The summed E-state index contributed by atoms with van der Waals surface area (Å²) in [6.45, 7) is 3.03. The lowest BCUT2D eigenvalue weighted by Crippen LogP contribution is -2.51. The Bertz CT molecular complexity index is 954. The molecule has 30 heavy (non-hydrogen) atoms.